The number of carbonyl (C=O) groups is 3. The van der Waals surface area contributed by atoms with Gasteiger partial charge in [0.25, 0.3) is 0 Å². The number of carbonyl (C=O) groups excluding carboxylic acids is 3. The average molecular weight is 421 g/mol. The standard InChI is InChI=1S/C16H30N4O3S2.C2H6/c1-7-10(2)19-14(16(23)18-6)9-25-24-8-13(12(4)21)20-15(22)11(3)17-5;1-2/h11,13-14,17,19H,2,7-9H2,1,3-6H3,(H,18,23)(H,20,22);1-2H3. The van der Waals surface area contributed by atoms with E-state index >= 15 is 0 Å². The number of rotatable bonds is 13. The first-order valence-corrected chi connectivity index (χ1v) is 11.6. The quantitative estimate of drug-likeness (QED) is 0.266. The first-order valence-electron chi connectivity index (χ1n) is 9.15. The molecule has 3 unspecified atom stereocenters. The first-order chi connectivity index (χ1) is 12.8. The molecule has 0 radical (unpaired) electrons. The van der Waals surface area contributed by atoms with Gasteiger partial charge in [0.1, 0.15) is 6.04 Å². The van der Waals surface area contributed by atoms with Gasteiger partial charge in [0, 0.05) is 24.3 Å². The molecular formula is C18H36N4O3S2. The third kappa shape index (κ3) is 12.8. The molecule has 4 N–H and O–H groups in total. The van der Waals surface area contributed by atoms with E-state index in [2.05, 4.69) is 27.8 Å². The lowest BCUT2D eigenvalue weighted by molar-refractivity contribution is -0.127. The Kier molecular flexibility index (Phi) is 17.6. The summed E-state index contributed by atoms with van der Waals surface area (Å²) in [6.07, 6.45) is 0.743. The minimum atomic E-state index is -0.544. The van der Waals surface area contributed by atoms with Crippen LogP contribution in [-0.4, -0.2) is 61.3 Å². The summed E-state index contributed by atoms with van der Waals surface area (Å²) in [7, 11) is 6.21. The van der Waals surface area contributed by atoms with E-state index < -0.39 is 6.04 Å². The zero-order valence-corrected chi connectivity index (χ0v) is 19.2. The van der Waals surface area contributed by atoms with Crippen LogP contribution in [0, 0.1) is 0 Å². The maximum absolute atomic E-state index is 11.9. The van der Waals surface area contributed by atoms with Gasteiger partial charge in [0.15, 0.2) is 5.78 Å². The van der Waals surface area contributed by atoms with Crippen molar-refractivity contribution in [1.29, 1.82) is 0 Å². The van der Waals surface area contributed by atoms with Crippen molar-refractivity contribution in [2.45, 2.75) is 59.2 Å². The number of hydrogen-bond donors (Lipinski definition) is 4. The number of nitrogens with one attached hydrogen (secondary N) is 4. The van der Waals surface area contributed by atoms with E-state index in [1.165, 1.54) is 28.5 Å². The molecule has 0 aliphatic carbocycles. The second-order valence-corrected chi connectivity index (χ2v) is 8.07. The predicted molar refractivity (Wildman–Crippen MR) is 118 cm³/mol. The predicted octanol–water partition coefficient (Wildman–Crippen LogP) is 1.70. The Morgan fingerprint density at radius 3 is 1.89 bits per heavy atom. The maximum atomic E-state index is 11.9. The number of likely N-dealkylation sites (N-methyl/N-ethyl adjacent to an activating group) is 2. The van der Waals surface area contributed by atoms with Crippen molar-refractivity contribution in [3.8, 4) is 0 Å². The van der Waals surface area contributed by atoms with Crippen LogP contribution < -0.4 is 21.3 Å². The van der Waals surface area contributed by atoms with Crippen LogP contribution in [0.2, 0.25) is 0 Å². The van der Waals surface area contributed by atoms with Crippen LogP contribution in [0.1, 0.15) is 41.0 Å². The van der Waals surface area contributed by atoms with Gasteiger partial charge in [-0.1, -0.05) is 48.9 Å². The third-order valence-electron chi connectivity index (χ3n) is 3.55. The van der Waals surface area contributed by atoms with Crippen LogP contribution in [0.15, 0.2) is 12.3 Å². The van der Waals surface area contributed by atoms with Gasteiger partial charge in [0.2, 0.25) is 11.8 Å². The number of amides is 2. The molecule has 0 rings (SSSR count). The summed E-state index contributed by atoms with van der Waals surface area (Å²) in [5.74, 6) is 0.552. The van der Waals surface area contributed by atoms with E-state index in [0.29, 0.717) is 11.5 Å². The van der Waals surface area contributed by atoms with E-state index in [4.69, 9.17) is 0 Å². The van der Waals surface area contributed by atoms with E-state index in [1.54, 1.807) is 21.0 Å². The lowest BCUT2D eigenvalue weighted by Gasteiger charge is -2.20. The van der Waals surface area contributed by atoms with Crippen LogP contribution in [0.3, 0.4) is 0 Å². The summed E-state index contributed by atoms with van der Waals surface area (Å²) in [6.45, 7) is 13.0. The van der Waals surface area contributed by atoms with Gasteiger partial charge in [0.05, 0.1) is 12.1 Å². The summed E-state index contributed by atoms with van der Waals surface area (Å²) in [6, 6.07) is -1.29. The molecule has 0 heterocycles. The van der Waals surface area contributed by atoms with Gasteiger partial charge in [-0.2, -0.15) is 0 Å². The van der Waals surface area contributed by atoms with Gasteiger partial charge >= 0.3 is 0 Å². The Bertz CT molecular complexity index is 476. The van der Waals surface area contributed by atoms with E-state index in [9.17, 15) is 14.4 Å². The van der Waals surface area contributed by atoms with Gasteiger partial charge in [-0.15, -0.1) is 0 Å². The maximum Gasteiger partial charge on any atom is 0.243 e. The molecule has 0 fully saturated rings. The fourth-order valence-electron chi connectivity index (χ4n) is 1.63. The average Bonchev–Trinajstić information content (AvgIpc) is 2.68. The van der Waals surface area contributed by atoms with Crippen molar-refractivity contribution < 1.29 is 14.4 Å². The van der Waals surface area contributed by atoms with Gasteiger partial charge in [-0.05, 0) is 27.3 Å². The molecule has 3 atom stereocenters. The SMILES string of the molecule is C=C(CC)NC(CSSCC(NC(=O)C(C)NC)C(C)=O)C(=O)NC.CC. The molecule has 0 aromatic heterocycles. The summed E-state index contributed by atoms with van der Waals surface area (Å²) >= 11 is 0. The highest BCUT2D eigenvalue weighted by molar-refractivity contribution is 8.76. The van der Waals surface area contributed by atoms with Gasteiger partial charge < -0.3 is 21.3 Å². The Balaban J connectivity index is 0. The second-order valence-electron chi connectivity index (χ2n) is 5.52. The normalized spacial score (nSPS) is 13.3. The van der Waals surface area contributed by atoms with E-state index in [-0.39, 0.29) is 29.7 Å². The smallest absolute Gasteiger partial charge is 0.243 e. The minimum absolute atomic E-state index is 0.0925. The molecule has 0 saturated heterocycles. The van der Waals surface area contributed by atoms with Crippen LogP contribution in [0.5, 0.6) is 0 Å². The van der Waals surface area contributed by atoms with Crippen LogP contribution in [-0.2, 0) is 14.4 Å². The zero-order chi connectivity index (χ0) is 21.4. The first kappa shape index (κ1) is 28.0. The number of Topliss-reactive ketones (excluding diaryl/α,β-unsaturated/α-hetero) is 1. The summed E-state index contributed by atoms with van der Waals surface area (Å²) in [4.78, 5) is 35.5. The fraction of sp³-hybridized carbons (Fsp3) is 0.722. The molecule has 0 aliphatic heterocycles. The Morgan fingerprint density at radius 1 is 0.963 bits per heavy atom. The Morgan fingerprint density at radius 2 is 1.48 bits per heavy atom. The molecule has 27 heavy (non-hydrogen) atoms. The van der Waals surface area contributed by atoms with Crippen LogP contribution in [0.4, 0.5) is 0 Å². The van der Waals surface area contributed by atoms with Gasteiger partial charge in [-0.25, -0.2) is 0 Å². The molecule has 0 aromatic carbocycles. The minimum Gasteiger partial charge on any atom is -0.377 e. The topological polar surface area (TPSA) is 99.3 Å². The van der Waals surface area contributed by atoms with Crippen molar-refractivity contribution in [2.75, 3.05) is 25.6 Å². The largest absolute Gasteiger partial charge is 0.377 e. The monoisotopic (exact) mass is 420 g/mol. The molecule has 0 bridgehead atoms. The molecule has 9 heteroatoms. The molecule has 0 spiro atoms. The summed E-state index contributed by atoms with van der Waals surface area (Å²) < 4.78 is 0. The van der Waals surface area contributed by atoms with Crippen LogP contribution >= 0.6 is 21.6 Å². The molecular weight excluding hydrogens is 384 g/mol. The highest BCUT2D eigenvalue weighted by atomic mass is 33.1. The number of hydrogen-bond acceptors (Lipinski definition) is 7. The fourth-order valence-corrected chi connectivity index (χ4v) is 4.04. The molecule has 0 saturated carbocycles. The molecule has 158 valence electrons. The summed E-state index contributed by atoms with van der Waals surface area (Å²) in [5, 5.41) is 11.3. The number of allylic oxidation sites excluding steroid dienone is 1. The van der Waals surface area contributed by atoms with E-state index in [0.717, 1.165) is 12.1 Å². The second kappa shape index (κ2) is 16.9. The van der Waals surface area contributed by atoms with Crippen molar-refractivity contribution in [2.24, 2.45) is 0 Å². The number of ketones is 1. The van der Waals surface area contributed by atoms with Crippen molar-refractivity contribution in [3.05, 3.63) is 12.3 Å². The van der Waals surface area contributed by atoms with Crippen LogP contribution in [0.25, 0.3) is 0 Å². The molecule has 7 nitrogen and oxygen atoms in total. The summed E-state index contributed by atoms with van der Waals surface area (Å²) in [5.41, 5.74) is 0.800. The van der Waals surface area contributed by atoms with Crippen molar-refractivity contribution in [1.82, 2.24) is 21.3 Å². The third-order valence-corrected chi connectivity index (χ3v) is 5.98. The van der Waals surface area contributed by atoms with Crippen molar-refractivity contribution >= 4 is 39.2 Å². The zero-order valence-electron chi connectivity index (χ0n) is 17.6. The van der Waals surface area contributed by atoms with Crippen molar-refractivity contribution in [3.63, 3.8) is 0 Å². The molecule has 0 aromatic rings. The van der Waals surface area contributed by atoms with Gasteiger partial charge in [-0.3, -0.25) is 14.4 Å². The molecule has 0 aliphatic rings. The molecule has 2 amide bonds. The van der Waals surface area contributed by atoms with E-state index in [1.807, 2.05) is 20.8 Å². The Hall–Kier alpha value is -1.19. The lowest BCUT2D eigenvalue weighted by atomic mass is 10.2. The lowest BCUT2D eigenvalue weighted by Crippen LogP contribution is -2.48. The highest BCUT2D eigenvalue weighted by Crippen LogP contribution is 2.23. The highest BCUT2D eigenvalue weighted by Gasteiger charge is 2.21. The Labute approximate surface area is 172 Å².